The lowest BCUT2D eigenvalue weighted by molar-refractivity contribution is 0.470. The van der Waals surface area contributed by atoms with E-state index < -0.39 is 0 Å². The van der Waals surface area contributed by atoms with E-state index in [4.69, 9.17) is 17.3 Å². The van der Waals surface area contributed by atoms with E-state index in [-0.39, 0.29) is 6.04 Å². The van der Waals surface area contributed by atoms with E-state index in [2.05, 4.69) is 21.8 Å². The van der Waals surface area contributed by atoms with Gasteiger partial charge in [-0.3, -0.25) is 0 Å². The molecule has 0 amide bonds. The Kier molecular flexibility index (Phi) is 3.22. The van der Waals surface area contributed by atoms with Crippen molar-refractivity contribution in [1.82, 2.24) is 15.1 Å². The number of rotatable bonds is 3. The third kappa shape index (κ3) is 2.18. The van der Waals surface area contributed by atoms with Gasteiger partial charge in [0.15, 0.2) is 5.82 Å². The lowest BCUT2D eigenvalue weighted by Crippen LogP contribution is -2.51. The van der Waals surface area contributed by atoms with E-state index >= 15 is 0 Å². The van der Waals surface area contributed by atoms with Gasteiger partial charge in [0.1, 0.15) is 17.5 Å². The molecule has 3 rings (SSSR count). The Bertz CT molecular complexity index is 683. The molecule has 0 spiro atoms. The molecule has 20 heavy (non-hydrogen) atoms. The molecule has 0 atom stereocenters. The Morgan fingerprint density at radius 1 is 1.50 bits per heavy atom. The van der Waals surface area contributed by atoms with Crippen molar-refractivity contribution >= 4 is 23.2 Å². The van der Waals surface area contributed by atoms with Gasteiger partial charge in [-0.1, -0.05) is 17.7 Å². The Hall–Kier alpha value is -2.23. The first-order chi connectivity index (χ1) is 9.69. The molecule has 102 valence electrons. The quantitative estimate of drug-likeness (QED) is 0.793. The monoisotopic (exact) mass is 288 g/mol. The fourth-order valence-electron chi connectivity index (χ4n) is 2.03. The van der Waals surface area contributed by atoms with Crippen molar-refractivity contribution in [1.29, 1.82) is 5.26 Å². The zero-order chi connectivity index (χ0) is 14.1. The van der Waals surface area contributed by atoms with Gasteiger partial charge in [-0.15, -0.1) is 5.10 Å². The molecule has 0 radical (unpaired) electrons. The molecule has 6 nitrogen and oxygen atoms in total. The number of nitrogens with zero attached hydrogens (tertiary/aromatic N) is 3. The summed E-state index contributed by atoms with van der Waals surface area (Å²) in [5.74, 6) is 0.820. The van der Waals surface area contributed by atoms with Crippen molar-refractivity contribution in [2.24, 2.45) is 0 Å². The van der Waals surface area contributed by atoms with Crippen LogP contribution in [-0.2, 0) is 0 Å². The molecule has 1 aromatic carbocycles. The second kappa shape index (κ2) is 5.04. The Morgan fingerprint density at radius 3 is 2.90 bits per heavy atom. The Labute approximate surface area is 121 Å². The number of nitrogens with two attached hydrogens (primary N) is 1. The highest BCUT2D eigenvalue weighted by Gasteiger charge is 2.22. The van der Waals surface area contributed by atoms with Crippen LogP contribution in [0.3, 0.4) is 0 Å². The van der Waals surface area contributed by atoms with Crippen LogP contribution < -0.4 is 16.4 Å². The molecule has 0 aliphatic carbocycles. The van der Waals surface area contributed by atoms with Crippen molar-refractivity contribution in [2.45, 2.75) is 6.04 Å². The van der Waals surface area contributed by atoms with Crippen molar-refractivity contribution in [3.05, 3.63) is 34.9 Å². The summed E-state index contributed by atoms with van der Waals surface area (Å²) < 4.78 is 1.53. The summed E-state index contributed by atoms with van der Waals surface area (Å²) in [5, 5.41) is 20.6. The molecule has 4 N–H and O–H groups in total. The van der Waals surface area contributed by atoms with Crippen LogP contribution in [0, 0.1) is 11.3 Å². The number of nitrogen functional groups attached to an aromatic ring is 1. The van der Waals surface area contributed by atoms with Crippen molar-refractivity contribution in [3.63, 3.8) is 0 Å². The maximum atomic E-state index is 9.25. The number of nitrogens with one attached hydrogen (secondary N) is 2. The number of anilines is 2. The predicted molar refractivity (Wildman–Crippen MR) is 78.0 cm³/mol. The smallest absolute Gasteiger partial charge is 0.169 e. The van der Waals surface area contributed by atoms with Gasteiger partial charge in [-0.25, -0.2) is 4.68 Å². The average Bonchev–Trinajstić information content (AvgIpc) is 2.70. The lowest BCUT2D eigenvalue weighted by atomic mass is 10.2. The van der Waals surface area contributed by atoms with Crippen LogP contribution >= 0.6 is 11.6 Å². The summed E-state index contributed by atoms with van der Waals surface area (Å²) in [6.45, 7) is 1.71. The van der Waals surface area contributed by atoms with Gasteiger partial charge >= 0.3 is 0 Å². The summed E-state index contributed by atoms with van der Waals surface area (Å²) in [6.07, 6.45) is 0. The molecule has 1 aromatic heterocycles. The Morgan fingerprint density at radius 2 is 2.30 bits per heavy atom. The zero-order valence-corrected chi connectivity index (χ0v) is 11.4. The van der Waals surface area contributed by atoms with E-state index in [1.54, 1.807) is 12.1 Å². The summed E-state index contributed by atoms with van der Waals surface area (Å²) in [6, 6.07) is 9.55. The van der Waals surface area contributed by atoms with Crippen molar-refractivity contribution < 1.29 is 0 Å². The number of aromatic nitrogens is 2. The topological polar surface area (TPSA) is 91.7 Å². The minimum atomic E-state index is 0.282. The second-order valence-electron chi connectivity index (χ2n) is 4.61. The summed E-state index contributed by atoms with van der Waals surface area (Å²) in [7, 11) is 0. The summed E-state index contributed by atoms with van der Waals surface area (Å²) >= 11 is 5.97. The number of benzene rings is 1. The molecule has 0 unspecified atom stereocenters. The molecule has 1 fully saturated rings. The van der Waals surface area contributed by atoms with Crippen LogP contribution in [0.15, 0.2) is 24.3 Å². The van der Waals surface area contributed by atoms with Crippen LogP contribution in [0.25, 0.3) is 5.69 Å². The van der Waals surface area contributed by atoms with Gasteiger partial charge < -0.3 is 16.4 Å². The van der Waals surface area contributed by atoms with E-state index in [0.29, 0.717) is 22.2 Å². The van der Waals surface area contributed by atoms with E-state index in [1.165, 1.54) is 4.68 Å². The largest absolute Gasteiger partial charge is 0.382 e. The molecule has 2 heterocycles. The van der Waals surface area contributed by atoms with Crippen LogP contribution in [0.4, 0.5) is 11.6 Å². The molecular weight excluding hydrogens is 276 g/mol. The second-order valence-corrected chi connectivity index (χ2v) is 5.05. The first-order valence-corrected chi connectivity index (χ1v) is 6.58. The van der Waals surface area contributed by atoms with E-state index in [0.717, 1.165) is 18.8 Å². The highest BCUT2D eigenvalue weighted by atomic mass is 35.5. The molecule has 7 heteroatoms. The summed E-state index contributed by atoms with van der Waals surface area (Å²) in [5.41, 5.74) is 7.10. The number of nitriles is 1. The highest BCUT2D eigenvalue weighted by molar-refractivity contribution is 6.30. The SMILES string of the molecule is N#Cc1c(NC2CNC2)nn(-c2cccc(Cl)c2)c1N. The normalized spacial score (nSPS) is 14.6. The van der Waals surface area contributed by atoms with E-state index in [1.807, 2.05) is 12.1 Å². The highest BCUT2D eigenvalue weighted by Crippen LogP contribution is 2.26. The van der Waals surface area contributed by atoms with Crippen molar-refractivity contribution in [3.8, 4) is 11.8 Å². The fraction of sp³-hybridized carbons (Fsp3) is 0.231. The van der Waals surface area contributed by atoms with Gasteiger partial charge in [-0.05, 0) is 18.2 Å². The standard InChI is InChI=1S/C13H13ClN6/c14-8-2-1-3-10(4-8)20-12(16)11(5-15)13(19-20)18-9-6-17-7-9/h1-4,9,17H,6-7,16H2,(H,18,19). The van der Waals surface area contributed by atoms with Crippen LogP contribution in [0.5, 0.6) is 0 Å². The first kappa shape index (κ1) is 12.8. The molecule has 2 aromatic rings. The first-order valence-electron chi connectivity index (χ1n) is 6.21. The number of hydrogen-bond donors (Lipinski definition) is 3. The molecule has 1 aliphatic heterocycles. The van der Waals surface area contributed by atoms with Gasteiger partial charge in [0, 0.05) is 18.1 Å². The minimum Gasteiger partial charge on any atom is -0.382 e. The lowest BCUT2D eigenvalue weighted by Gasteiger charge is -2.27. The molecule has 1 saturated heterocycles. The average molecular weight is 289 g/mol. The third-order valence-electron chi connectivity index (χ3n) is 3.21. The number of hydrogen-bond acceptors (Lipinski definition) is 5. The maximum Gasteiger partial charge on any atom is 0.169 e. The molecular formula is C13H13ClN6. The number of halogens is 1. The van der Waals surface area contributed by atoms with Crippen LogP contribution in [-0.4, -0.2) is 28.9 Å². The molecule has 0 saturated carbocycles. The third-order valence-corrected chi connectivity index (χ3v) is 3.44. The van der Waals surface area contributed by atoms with Gasteiger partial charge in [0.05, 0.1) is 11.7 Å². The molecule has 1 aliphatic rings. The zero-order valence-electron chi connectivity index (χ0n) is 10.6. The van der Waals surface area contributed by atoms with Crippen molar-refractivity contribution in [2.75, 3.05) is 24.1 Å². The fourth-order valence-corrected chi connectivity index (χ4v) is 2.22. The van der Waals surface area contributed by atoms with E-state index in [9.17, 15) is 5.26 Å². The van der Waals surface area contributed by atoms with Crippen LogP contribution in [0.2, 0.25) is 5.02 Å². The van der Waals surface area contributed by atoms with Gasteiger partial charge in [0.2, 0.25) is 0 Å². The Balaban J connectivity index is 2.01. The molecule has 0 bridgehead atoms. The minimum absolute atomic E-state index is 0.282. The predicted octanol–water partition coefficient (Wildman–Crippen LogP) is 1.36. The maximum absolute atomic E-state index is 9.25. The van der Waals surface area contributed by atoms with Gasteiger partial charge in [0.25, 0.3) is 0 Å². The van der Waals surface area contributed by atoms with Gasteiger partial charge in [-0.2, -0.15) is 5.26 Å². The van der Waals surface area contributed by atoms with Crippen LogP contribution in [0.1, 0.15) is 5.56 Å². The summed E-state index contributed by atoms with van der Waals surface area (Å²) in [4.78, 5) is 0.